The molecule has 0 amide bonds. The van der Waals surface area contributed by atoms with Gasteiger partial charge in [0, 0.05) is 31.6 Å². The zero-order valence-electron chi connectivity index (χ0n) is 10.6. The molecule has 0 saturated heterocycles. The third kappa shape index (κ3) is 2.55. The van der Waals surface area contributed by atoms with Gasteiger partial charge in [-0.25, -0.2) is 4.98 Å². The number of nitrogens with one attached hydrogen (secondary N) is 1. The summed E-state index contributed by atoms with van der Waals surface area (Å²) in [7, 11) is 4.09. The molecule has 2 rings (SSSR count). The van der Waals surface area contributed by atoms with Gasteiger partial charge in [-0.15, -0.1) is 11.3 Å². The minimum Gasteiger partial charge on any atom is -0.354 e. The second kappa shape index (κ2) is 4.72. The predicted octanol–water partition coefficient (Wildman–Crippen LogP) is 2.41. The van der Waals surface area contributed by atoms with E-state index in [2.05, 4.69) is 29.0 Å². The Bertz CT molecular complexity index is 353. The van der Waals surface area contributed by atoms with Gasteiger partial charge in [-0.3, -0.25) is 0 Å². The molecule has 1 aliphatic carbocycles. The van der Waals surface area contributed by atoms with E-state index in [0.717, 1.165) is 23.6 Å². The minimum absolute atomic E-state index is 0.735. The van der Waals surface area contributed by atoms with Gasteiger partial charge in [0.25, 0.3) is 0 Å². The Labute approximate surface area is 102 Å². The highest BCUT2D eigenvalue weighted by Crippen LogP contribution is 2.28. The molecular weight excluding hydrogens is 218 g/mol. The van der Waals surface area contributed by atoms with Crippen LogP contribution < -0.4 is 10.2 Å². The molecule has 4 heteroatoms. The lowest BCUT2D eigenvalue weighted by molar-refractivity contribution is 0.241. The SMILES string of the molecule is Cc1nc(N(C)C)sc1CNC1CC(C)C1. The Balaban J connectivity index is 1.89. The first kappa shape index (κ1) is 11.9. The van der Waals surface area contributed by atoms with E-state index in [4.69, 9.17) is 0 Å². The van der Waals surface area contributed by atoms with Crippen molar-refractivity contribution >= 4 is 16.5 Å². The number of aryl methyl sites for hydroxylation is 1. The lowest BCUT2D eigenvalue weighted by Crippen LogP contribution is -2.39. The third-order valence-electron chi connectivity index (χ3n) is 3.19. The molecule has 3 nitrogen and oxygen atoms in total. The third-order valence-corrected chi connectivity index (χ3v) is 4.51. The van der Waals surface area contributed by atoms with Gasteiger partial charge in [0.15, 0.2) is 5.13 Å². The van der Waals surface area contributed by atoms with Crippen LogP contribution in [0.15, 0.2) is 0 Å². The van der Waals surface area contributed by atoms with Crippen LogP contribution in [0.2, 0.25) is 0 Å². The molecule has 0 radical (unpaired) electrons. The maximum absolute atomic E-state index is 4.55. The highest BCUT2D eigenvalue weighted by molar-refractivity contribution is 7.15. The van der Waals surface area contributed by atoms with Crippen LogP contribution in [0.4, 0.5) is 5.13 Å². The second-order valence-corrected chi connectivity index (χ2v) is 6.12. The molecule has 16 heavy (non-hydrogen) atoms. The van der Waals surface area contributed by atoms with Crippen molar-refractivity contribution < 1.29 is 0 Å². The summed E-state index contributed by atoms with van der Waals surface area (Å²) in [6.45, 7) is 5.40. The molecule has 1 aromatic heterocycles. The van der Waals surface area contributed by atoms with E-state index in [0.29, 0.717) is 0 Å². The molecule has 1 aliphatic rings. The van der Waals surface area contributed by atoms with E-state index >= 15 is 0 Å². The maximum atomic E-state index is 4.55. The number of rotatable bonds is 4. The number of aromatic nitrogens is 1. The molecule has 1 N–H and O–H groups in total. The Hall–Kier alpha value is -0.610. The zero-order valence-corrected chi connectivity index (χ0v) is 11.4. The molecule has 1 fully saturated rings. The van der Waals surface area contributed by atoms with Gasteiger partial charge in [0.05, 0.1) is 5.69 Å². The van der Waals surface area contributed by atoms with Crippen LogP contribution in [0.5, 0.6) is 0 Å². The van der Waals surface area contributed by atoms with Crippen molar-refractivity contribution in [1.82, 2.24) is 10.3 Å². The monoisotopic (exact) mass is 239 g/mol. The number of anilines is 1. The standard InChI is InChI=1S/C12H21N3S/c1-8-5-10(6-8)13-7-11-9(2)14-12(16-11)15(3)4/h8,10,13H,5-7H2,1-4H3. The van der Waals surface area contributed by atoms with Crippen molar-refractivity contribution in [3.05, 3.63) is 10.6 Å². The summed E-state index contributed by atoms with van der Waals surface area (Å²) in [5.41, 5.74) is 1.17. The smallest absolute Gasteiger partial charge is 0.185 e. The molecule has 0 aliphatic heterocycles. The Kier molecular flexibility index (Phi) is 3.50. The molecule has 1 heterocycles. The van der Waals surface area contributed by atoms with Crippen molar-refractivity contribution in [2.24, 2.45) is 5.92 Å². The molecule has 0 aromatic carbocycles. The van der Waals surface area contributed by atoms with Crippen LogP contribution in [0.25, 0.3) is 0 Å². The normalized spacial score (nSPS) is 24.2. The highest BCUT2D eigenvalue weighted by atomic mass is 32.1. The van der Waals surface area contributed by atoms with Gasteiger partial charge in [0.2, 0.25) is 0 Å². The summed E-state index contributed by atoms with van der Waals surface area (Å²) in [6.07, 6.45) is 2.66. The topological polar surface area (TPSA) is 28.2 Å². The van der Waals surface area contributed by atoms with Crippen LogP contribution in [-0.4, -0.2) is 25.1 Å². The van der Waals surface area contributed by atoms with Gasteiger partial charge in [-0.05, 0) is 25.7 Å². The largest absolute Gasteiger partial charge is 0.354 e. The number of hydrogen-bond acceptors (Lipinski definition) is 4. The Morgan fingerprint density at radius 1 is 1.44 bits per heavy atom. The van der Waals surface area contributed by atoms with Gasteiger partial charge < -0.3 is 10.2 Å². The first-order valence-corrected chi connectivity index (χ1v) is 6.75. The van der Waals surface area contributed by atoms with Crippen molar-refractivity contribution in [3.8, 4) is 0 Å². The van der Waals surface area contributed by atoms with Crippen LogP contribution in [0, 0.1) is 12.8 Å². The quantitative estimate of drug-likeness (QED) is 0.874. The van der Waals surface area contributed by atoms with Crippen molar-refractivity contribution in [2.75, 3.05) is 19.0 Å². The van der Waals surface area contributed by atoms with Gasteiger partial charge in [-0.1, -0.05) is 6.92 Å². The van der Waals surface area contributed by atoms with Gasteiger partial charge in [0.1, 0.15) is 0 Å². The summed E-state index contributed by atoms with van der Waals surface area (Å²) in [6, 6.07) is 0.735. The fourth-order valence-corrected chi connectivity index (χ4v) is 3.01. The lowest BCUT2D eigenvalue weighted by atomic mass is 9.82. The van der Waals surface area contributed by atoms with Crippen LogP contribution in [0.3, 0.4) is 0 Å². The zero-order chi connectivity index (χ0) is 11.7. The summed E-state index contributed by atoms with van der Waals surface area (Å²) in [5, 5.41) is 4.72. The summed E-state index contributed by atoms with van der Waals surface area (Å²) < 4.78 is 0. The van der Waals surface area contributed by atoms with E-state index in [-0.39, 0.29) is 0 Å². The van der Waals surface area contributed by atoms with E-state index < -0.39 is 0 Å². The molecule has 0 unspecified atom stereocenters. The fraction of sp³-hybridized carbons (Fsp3) is 0.750. The van der Waals surface area contributed by atoms with Crippen molar-refractivity contribution in [1.29, 1.82) is 0 Å². The molecule has 0 bridgehead atoms. The Morgan fingerprint density at radius 3 is 2.62 bits per heavy atom. The Morgan fingerprint density at radius 2 is 2.12 bits per heavy atom. The summed E-state index contributed by atoms with van der Waals surface area (Å²) >= 11 is 1.80. The number of hydrogen-bond donors (Lipinski definition) is 1. The first-order valence-electron chi connectivity index (χ1n) is 5.93. The summed E-state index contributed by atoms with van der Waals surface area (Å²) in [5.74, 6) is 0.914. The van der Waals surface area contributed by atoms with Gasteiger partial charge in [-0.2, -0.15) is 0 Å². The average molecular weight is 239 g/mol. The average Bonchev–Trinajstić information content (AvgIpc) is 2.53. The lowest BCUT2D eigenvalue weighted by Gasteiger charge is -2.33. The van der Waals surface area contributed by atoms with E-state index in [9.17, 15) is 0 Å². The molecule has 90 valence electrons. The molecule has 0 atom stereocenters. The second-order valence-electron chi connectivity index (χ2n) is 5.05. The number of thiazole rings is 1. The molecular formula is C12H21N3S. The van der Waals surface area contributed by atoms with E-state index in [1.54, 1.807) is 11.3 Å². The molecule has 1 saturated carbocycles. The predicted molar refractivity (Wildman–Crippen MR) is 70.2 cm³/mol. The van der Waals surface area contributed by atoms with Crippen molar-refractivity contribution in [3.63, 3.8) is 0 Å². The molecule has 1 aromatic rings. The van der Waals surface area contributed by atoms with E-state index in [1.165, 1.54) is 23.4 Å². The van der Waals surface area contributed by atoms with Crippen LogP contribution >= 0.6 is 11.3 Å². The fourth-order valence-electron chi connectivity index (χ4n) is 2.07. The summed E-state index contributed by atoms with van der Waals surface area (Å²) in [4.78, 5) is 8.01. The van der Waals surface area contributed by atoms with Crippen LogP contribution in [-0.2, 0) is 6.54 Å². The highest BCUT2D eigenvalue weighted by Gasteiger charge is 2.24. The first-order chi connectivity index (χ1) is 7.56. The minimum atomic E-state index is 0.735. The van der Waals surface area contributed by atoms with Gasteiger partial charge >= 0.3 is 0 Å². The maximum Gasteiger partial charge on any atom is 0.185 e. The van der Waals surface area contributed by atoms with Crippen LogP contribution in [0.1, 0.15) is 30.3 Å². The molecule has 0 spiro atoms. The van der Waals surface area contributed by atoms with E-state index in [1.807, 2.05) is 14.1 Å². The van der Waals surface area contributed by atoms with Crippen molar-refractivity contribution in [2.45, 2.75) is 39.3 Å². The number of nitrogens with zero attached hydrogens (tertiary/aromatic N) is 2.